The van der Waals surface area contributed by atoms with Gasteiger partial charge in [-0.1, -0.05) is 12.1 Å². The van der Waals surface area contributed by atoms with E-state index in [9.17, 15) is 4.79 Å². The van der Waals surface area contributed by atoms with E-state index >= 15 is 0 Å². The van der Waals surface area contributed by atoms with E-state index in [-0.39, 0.29) is 36.0 Å². The maximum absolute atomic E-state index is 12.0. The number of methoxy groups -OCH3 is 1. The molecule has 0 aromatic heterocycles. The molecular weight excluding hydrogens is 328 g/mol. The van der Waals surface area contributed by atoms with Crippen LogP contribution in [0.15, 0.2) is 18.2 Å². The molecule has 0 aliphatic rings. The van der Waals surface area contributed by atoms with E-state index in [1.54, 1.807) is 7.11 Å². The van der Waals surface area contributed by atoms with Crippen molar-refractivity contribution in [1.29, 1.82) is 0 Å². The van der Waals surface area contributed by atoms with Crippen molar-refractivity contribution in [3.05, 3.63) is 23.8 Å². The van der Waals surface area contributed by atoms with Gasteiger partial charge in [0.05, 0.1) is 7.11 Å². The third-order valence-electron chi connectivity index (χ3n) is 2.95. The van der Waals surface area contributed by atoms with Gasteiger partial charge in [-0.3, -0.25) is 4.79 Å². The number of nitrogens with one attached hydrogen (secondary N) is 2. The van der Waals surface area contributed by atoms with E-state index in [0.717, 1.165) is 5.56 Å². The molecule has 24 heavy (non-hydrogen) atoms. The zero-order valence-corrected chi connectivity index (χ0v) is 16.6. The lowest BCUT2D eigenvalue weighted by Crippen LogP contribution is -2.43. The first-order valence-corrected chi connectivity index (χ1v) is 7.86. The van der Waals surface area contributed by atoms with Crippen LogP contribution in [0.1, 0.15) is 47.1 Å². The number of carbonyl (C=O) groups excluding carboxylic acids is 1. The van der Waals surface area contributed by atoms with Gasteiger partial charge < -0.3 is 20.1 Å². The highest BCUT2D eigenvalue weighted by molar-refractivity contribution is 5.85. The van der Waals surface area contributed by atoms with E-state index in [2.05, 4.69) is 31.4 Å². The molecule has 1 amide bonds. The van der Waals surface area contributed by atoms with Crippen LogP contribution in [-0.2, 0) is 11.3 Å². The number of rotatable bonds is 6. The predicted molar refractivity (Wildman–Crippen MR) is 100 cm³/mol. The van der Waals surface area contributed by atoms with E-state index in [1.165, 1.54) is 0 Å². The highest BCUT2D eigenvalue weighted by Crippen LogP contribution is 2.31. The van der Waals surface area contributed by atoms with E-state index in [4.69, 9.17) is 9.47 Å². The molecular formula is C18H31ClN2O3. The number of para-hydroxylation sites is 1. The number of carbonyl (C=O) groups is 1. The number of hydrogen-bond donors (Lipinski definition) is 2. The van der Waals surface area contributed by atoms with Gasteiger partial charge in [-0.15, -0.1) is 12.4 Å². The quantitative estimate of drug-likeness (QED) is 0.819. The van der Waals surface area contributed by atoms with Crippen molar-refractivity contribution >= 4 is 18.3 Å². The van der Waals surface area contributed by atoms with Crippen molar-refractivity contribution in [2.75, 3.05) is 13.7 Å². The first-order valence-electron chi connectivity index (χ1n) is 7.86. The summed E-state index contributed by atoms with van der Waals surface area (Å²) in [6.07, 6.45) is 0. The molecule has 2 N–H and O–H groups in total. The van der Waals surface area contributed by atoms with Gasteiger partial charge in [-0.05, 0) is 47.6 Å². The summed E-state index contributed by atoms with van der Waals surface area (Å²) in [5.41, 5.74) is 0.671. The number of amides is 1. The van der Waals surface area contributed by atoms with E-state index < -0.39 is 0 Å². The summed E-state index contributed by atoms with van der Waals surface area (Å²) in [5, 5.41) is 6.30. The normalized spacial score (nSPS) is 11.5. The largest absolute Gasteiger partial charge is 0.493 e. The van der Waals surface area contributed by atoms with Gasteiger partial charge in [0, 0.05) is 23.2 Å². The second-order valence-electron chi connectivity index (χ2n) is 7.64. The molecule has 0 heterocycles. The summed E-state index contributed by atoms with van der Waals surface area (Å²) >= 11 is 0. The first kappa shape index (κ1) is 22.5. The standard InChI is InChI=1S/C18H30N2O3.ClH/c1-17(2,3)19-11-13-9-8-10-14(22-7)16(13)23-12-15(21)20-18(4,5)6;/h8-10,19H,11-12H2,1-7H3,(H,20,21);1H. The summed E-state index contributed by atoms with van der Waals surface area (Å²) in [7, 11) is 1.60. The Kier molecular flexibility index (Phi) is 8.58. The topological polar surface area (TPSA) is 59.6 Å². The molecule has 0 fully saturated rings. The summed E-state index contributed by atoms with van der Waals surface area (Å²) in [6, 6.07) is 5.72. The fourth-order valence-corrected chi connectivity index (χ4v) is 1.98. The molecule has 1 rings (SSSR count). The molecule has 0 saturated heterocycles. The summed E-state index contributed by atoms with van der Waals surface area (Å²) in [4.78, 5) is 12.0. The molecule has 0 aliphatic heterocycles. The predicted octanol–water partition coefficient (Wildman–Crippen LogP) is 3.30. The minimum atomic E-state index is -0.280. The minimum Gasteiger partial charge on any atom is -0.493 e. The molecule has 0 radical (unpaired) electrons. The maximum atomic E-state index is 12.0. The Morgan fingerprint density at radius 1 is 1.08 bits per heavy atom. The van der Waals surface area contributed by atoms with Gasteiger partial charge in [0.2, 0.25) is 0 Å². The lowest BCUT2D eigenvalue weighted by molar-refractivity contribution is -0.124. The van der Waals surface area contributed by atoms with Crippen molar-refractivity contribution in [3.63, 3.8) is 0 Å². The molecule has 138 valence electrons. The average molecular weight is 359 g/mol. The molecule has 0 saturated carbocycles. The Bertz CT molecular complexity index is 534. The number of benzene rings is 1. The fourth-order valence-electron chi connectivity index (χ4n) is 1.98. The third-order valence-corrected chi connectivity index (χ3v) is 2.95. The van der Waals surface area contributed by atoms with Crippen LogP contribution < -0.4 is 20.1 Å². The summed E-state index contributed by atoms with van der Waals surface area (Å²) < 4.78 is 11.1. The Hall–Kier alpha value is -1.46. The van der Waals surface area contributed by atoms with Crippen molar-refractivity contribution in [3.8, 4) is 11.5 Å². The summed E-state index contributed by atoms with van der Waals surface area (Å²) in [6.45, 7) is 12.7. The monoisotopic (exact) mass is 358 g/mol. The highest BCUT2D eigenvalue weighted by atomic mass is 35.5. The zero-order chi connectivity index (χ0) is 17.7. The van der Waals surface area contributed by atoms with Crippen LogP contribution in [0, 0.1) is 0 Å². The molecule has 0 bridgehead atoms. The lowest BCUT2D eigenvalue weighted by Gasteiger charge is -2.23. The van der Waals surface area contributed by atoms with Crippen LogP contribution in [0.2, 0.25) is 0 Å². The molecule has 0 aliphatic carbocycles. The smallest absolute Gasteiger partial charge is 0.258 e. The van der Waals surface area contributed by atoms with Crippen molar-refractivity contribution < 1.29 is 14.3 Å². The maximum Gasteiger partial charge on any atom is 0.258 e. The van der Waals surface area contributed by atoms with E-state index in [1.807, 2.05) is 39.0 Å². The van der Waals surface area contributed by atoms with Gasteiger partial charge in [0.25, 0.3) is 5.91 Å². The van der Waals surface area contributed by atoms with E-state index in [0.29, 0.717) is 18.0 Å². The van der Waals surface area contributed by atoms with Crippen LogP contribution in [-0.4, -0.2) is 30.7 Å². The van der Waals surface area contributed by atoms with Crippen LogP contribution in [0.3, 0.4) is 0 Å². The Balaban J connectivity index is 0.00000529. The Morgan fingerprint density at radius 2 is 1.71 bits per heavy atom. The highest BCUT2D eigenvalue weighted by Gasteiger charge is 2.17. The first-order chi connectivity index (χ1) is 10.5. The van der Waals surface area contributed by atoms with Gasteiger partial charge in [0.15, 0.2) is 18.1 Å². The van der Waals surface area contributed by atoms with Gasteiger partial charge in [-0.25, -0.2) is 0 Å². The third kappa shape index (κ3) is 8.41. The molecule has 0 spiro atoms. The minimum absolute atomic E-state index is 0. The van der Waals surface area contributed by atoms with Crippen LogP contribution >= 0.6 is 12.4 Å². The van der Waals surface area contributed by atoms with Crippen molar-refractivity contribution in [2.24, 2.45) is 0 Å². The number of halogens is 1. The number of hydrogen-bond acceptors (Lipinski definition) is 4. The lowest BCUT2D eigenvalue weighted by atomic mass is 10.1. The zero-order valence-electron chi connectivity index (χ0n) is 15.8. The molecule has 0 atom stereocenters. The van der Waals surface area contributed by atoms with Gasteiger partial charge in [-0.2, -0.15) is 0 Å². The molecule has 6 heteroatoms. The molecule has 1 aromatic carbocycles. The van der Waals surface area contributed by atoms with Gasteiger partial charge in [0.1, 0.15) is 0 Å². The van der Waals surface area contributed by atoms with Crippen LogP contribution in [0.25, 0.3) is 0 Å². The second kappa shape index (κ2) is 9.14. The summed E-state index contributed by atoms with van der Waals surface area (Å²) in [5.74, 6) is 1.08. The van der Waals surface area contributed by atoms with Gasteiger partial charge >= 0.3 is 0 Å². The van der Waals surface area contributed by atoms with Crippen LogP contribution in [0.5, 0.6) is 11.5 Å². The van der Waals surface area contributed by atoms with Crippen molar-refractivity contribution in [2.45, 2.75) is 59.2 Å². The van der Waals surface area contributed by atoms with Crippen LogP contribution in [0.4, 0.5) is 0 Å². The molecule has 5 nitrogen and oxygen atoms in total. The molecule has 0 unspecified atom stereocenters. The molecule has 1 aromatic rings. The second-order valence-corrected chi connectivity index (χ2v) is 7.64. The Morgan fingerprint density at radius 3 is 2.21 bits per heavy atom. The number of ether oxygens (including phenoxy) is 2. The fraction of sp³-hybridized carbons (Fsp3) is 0.611. The Labute approximate surface area is 151 Å². The average Bonchev–Trinajstić information content (AvgIpc) is 2.40. The SMILES string of the molecule is COc1cccc(CNC(C)(C)C)c1OCC(=O)NC(C)(C)C.Cl. The van der Waals surface area contributed by atoms with Crippen molar-refractivity contribution in [1.82, 2.24) is 10.6 Å².